The largest absolute Gasteiger partial charge is 0.484 e. The van der Waals surface area contributed by atoms with Gasteiger partial charge in [-0.25, -0.2) is 12.8 Å². The van der Waals surface area contributed by atoms with Crippen molar-refractivity contribution in [2.45, 2.75) is 31.1 Å². The first-order chi connectivity index (χ1) is 18.5. The molecule has 1 aliphatic rings. The van der Waals surface area contributed by atoms with Gasteiger partial charge in [-0.3, -0.25) is 9.82 Å². The molecule has 1 saturated heterocycles. The smallest absolute Gasteiger partial charge is 0.355 e. The normalized spacial score (nSPS) is 15.5. The summed E-state index contributed by atoms with van der Waals surface area (Å²) in [5.41, 5.74) is 1.22. The molecule has 0 saturated carbocycles. The van der Waals surface area contributed by atoms with E-state index < -0.39 is 27.7 Å². The molecule has 5 rings (SSSR count). The average Bonchev–Trinajstić information content (AvgIpc) is 3.54. The van der Waals surface area contributed by atoms with Gasteiger partial charge in [0.2, 0.25) is 0 Å². The van der Waals surface area contributed by atoms with E-state index in [1.807, 2.05) is 11.6 Å². The van der Waals surface area contributed by atoms with Gasteiger partial charge in [-0.15, -0.1) is 0 Å². The summed E-state index contributed by atoms with van der Waals surface area (Å²) in [5.74, 6) is -2.54. The number of hydrogen-bond donors (Lipinski definition) is 3. The number of benzene rings is 2. The van der Waals surface area contributed by atoms with Crippen molar-refractivity contribution < 1.29 is 35.6 Å². The third-order valence-electron chi connectivity index (χ3n) is 6.20. The quantitative estimate of drug-likeness (QED) is 0.236. The summed E-state index contributed by atoms with van der Waals surface area (Å²) in [7, 11) is -4.96. The van der Waals surface area contributed by atoms with Crippen LogP contribution < -0.4 is 14.8 Å². The summed E-state index contributed by atoms with van der Waals surface area (Å²) in [4.78, 5) is 0. The van der Waals surface area contributed by atoms with Crippen molar-refractivity contribution in [1.29, 1.82) is 0 Å². The minimum Gasteiger partial charge on any atom is -0.484 e. The summed E-state index contributed by atoms with van der Waals surface area (Å²) in [6.07, 6.45) is -0.668. The van der Waals surface area contributed by atoms with E-state index in [1.54, 1.807) is 19.1 Å². The summed E-state index contributed by atoms with van der Waals surface area (Å²) < 4.78 is 81.6. The number of sulfonamides is 1. The molecule has 0 aliphatic carbocycles. The fourth-order valence-electron chi connectivity index (χ4n) is 3.90. The molecule has 3 heterocycles. The number of aromatic nitrogens is 3. The van der Waals surface area contributed by atoms with Crippen molar-refractivity contribution in [1.82, 2.24) is 15.4 Å². The van der Waals surface area contributed by atoms with Crippen molar-refractivity contribution >= 4 is 27.3 Å². The predicted molar refractivity (Wildman–Crippen MR) is 136 cm³/mol. The van der Waals surface area contributed by atoms with E-state index in [9.17, 15) is 21.6 Å². The predicted octanol–water partition coefficient (Wildman–Crippen LogP) is 5.34. The fourth-order valence-corrected chi connectivity index (χ4v) is 4.46. The highest BCUT2D eigenvalue weighted by Gasteiger charge is 2.39. The molecule has 0 amide bonds. The van der Waals surface area contributed by atoms with Crippen LogP contribution in [0, 0.1) is 5.82 Å². The van der Waals surface area contributed by atoms with Crippen molar-refractivity contribution in [2.24, 2.45) is 0 Å². The Balaban J connectivity index is 1.39. The zero-order valence-corrected chi connectivity index (χ0v) is 21.6. The molecule has 0 spiro atoms. The van der Waals surface area contributed by atoms with Crippen LogP contribution in [0.2, 0.25) is 0 Å². The third kappa shape index (κ3) is 5.71. The summed E-state index contributed by atoms with van der Waals surface area (Å²) in [6.45, 7) is 4.75. The van der Waals surface area contributed by atoms with E-state index in [2.05, 4.69) is 20.7 Å². The van der Waals surface area contributed by atoms with Crippen molar-refractivity contribution in [3.63, 3.8) is 0 Å². The molecule has 1 atom stereocenters. The Morgan fingerprint density at radius 1 is 1.08 bits per heavy atom. The number of rotatable bonds is 10. The molecule has 0 unspecified atom stereocenters. The van der Waals surface area contributed by atoms with Crippen molar-refractivity contribution in [2.75, 3.05) is 23.3 Å². The number of aromatic amines is 1. The molecule has 1 aliphatic heterocycles. The average molecular weight is 564 g/mol. The SMILES string of the molecule is C[C@H](Oc1cc(-c2cc(Nc3cc(C4(C)COC4)on3)n[nH]2)ccc1NS(=O)(=O)C(F)F)c1ccc(F)cc1. The minimum atomic E-state index is -4.96. The van der Waals surface area contributed by atoms with Crippen LogP contribution in [0.3, 0.4) is 0 Å². The maximum atomic E-state index is 13.3. The van der Waals surface area contributed by atoms with E-state index >= 15 is 0 Å². The van der Waals surface area contributed by atoms with Crippen LogP contribution >= 0.6 is 0 Å². The number of nitrogens with one attached hydrogen (secondary N) is 3. The number of halogens is 3. The molecular formula is C25H24F3N5O5S. The van der Waals surface area contributed by atoms with Crippen LogP contribution in [-0.4, -0.2) is 42.7 Å². The van der Waals surface area contributed by atoms with E-state index in [4.69, 9.17) is 14.0 Å². The third-order valence-corrected chi connectivity index (χ3v) is 7.18. The zero-order valence-electron chi connectivity index (χ0n) is 20.7. The first-order valence-electron chi connectivity index (χ1n) is 11.8. The lowest BCUT2D eigenvalue weighted by molar-refractivity contribution is -0.0619. The molecule has 2 aromatic heterocycles. The number of ether oxygens (including phenoxy) is 2. The Hall–Kier alpha value is -4.04. The second-order valence-corrected chi connectivity index (χ2v) is 11.0. The van der Waals surface area contributed by atoms with Gasteiger partial charge >= 0.3 is 5.76 Å². The number of anilines is 3. The molecule has 3 N–H and O–H groups in total. The van der Waals surface area contributed by atoms with Gasteiger partial charge in [-0.1, -0.05) is 23.4 Å². The molecule has 0 bridgehead atoms. The lowest BCUT2D eigenvalue weighted by Gasteiger charge is -2.35. The second kappa shape index (κ2) is 10.3. The first kappa shape index (κ1) is 26.6. The highest BCUT2D eigenvalue weighted by Crippen LogP contribution is 2.36. The van der Waals surface area contributed by atoms with Gasteiger partial charge in [-0.2, -0.15) is 13.9 Å². The molecule has 39 heavy (non-hydrogen) atoms. The lowest BCUT2D eigenvalue weighted by atomic mass is 9.86. The topological polar surface area (TPSA) is 131 Å². The lowest BCUT2D eigenvalue weighted by Crippen LogP contribution is -2.43. The Morgan fingerprint density at radius 2 is 1.82 bits per heavy atom. The number of H-pyrrole nitrogens is 1. The van der Waals surface area contributed by atoms with Crippen LogP contribution in [0.25, 0.3) is 11.3 Å². The molecule has 1 fully saturated rings. The van der Waals surface area contributed by atoms with Crippen LogP contribution in [-0.2, 0) is 20.2 Å². The molecule has 10 nitrogen and oxygen atoms in total. The number of hydrogen-bond acceptors (Lipinski definition) is 8. The molecule has 4 aromatic rings. The molecule has 14 heteroatoms. The highest BCUT2D eigenvalue weighted by molar-refractivity contribution is 7.93. The second-order valence-electron chi connectivity index (χ2n) is 9.35. The van der Waals surface area contributed by atoms with Crippen molar-refractivity contribution in [3.05, 3.63) is 71.7 Å². The minimum absolute atomic E-state index is 0.0187. The molecule has 206 valence electrons. The highest BCUT2D eigenvalue weighted by atomic mass is 32.2. The first-order valence-corrected chi connectivity index (χ1v) is 13.3. The van der Waals surface area contributed by atoms with E-state index in [-0.39, 0.29) is 16.9 Å². The number of alkyl halides is 2. The van der Waals surface area contributed by atoms with E-state index in [0.717, 1.165) is 0 Å². The fraction of sp³-hybridized carbons (Fsp3) is 0.280. The van der Waals surface area contributed by atoms with E-state index in [1.165, 1.54) is 42.5 Å². The molecular weight excluding hydrogens is 539 g/mol. The zero-order chi connectivity index (χ0) is 27.8. The van der Waals surface area contributed by atoms with Crippen LogP contribution in [0.15, 0.2) is 59.1 Å². The maximum absolute atomic E-state index is 13.3. The van der Waals surface area contributed by atoms with Crippen LogP contribution in [0.1, 0.15) is 31.3 Å². The molecule has 2 aromatic carbocycles. The van der Waals surface area contributed by atoms with Crippen LogP contribution in [0.5, 0.6) is 5.75 Å². The van der Waals surface area contributed by atoms with Gasteiger partial charge in [0, 0.05) is 17.7 Å². The van der Waals surface area contributed by atoms with Gasteiger partial charge in [0.05, 0.1) is 30.0 Å². The standard InChI is InChI=1S/C25H24F3N5O5S/c1-14(15-3-6-17(26)7-4-15)37-20-9-16(5-8-18(20)33-39(34,35)24(27)28)19-10-22(31-30-19)29-23-11-21(38-32-23)25(2)12-36-13-25/h3-11,14,24,33H,12-13H2,1-2H3,(H2,29,30,31,32)/t14-/m0/s1. The van der Waals surface area contributed by atoms with Gasteiger partial charge in [0.25, 0.3) is 10.0 Å². The Bertz CT molecular complexity index is 1570. The van der Waals surface area contributed by atoms with Crippen LogP contribution in [0.4, 0.5) is 30.5 Å². The van der Waals surface area contributed by atoms with Gasteiger partial charge < -0.3 is 19.3 Å². The Labute approximate surface area is 221 Å². The summed E-state index contributed by atoms with van der Waals surface area (Å²) in [5, 5.41) is 14.1. The van der Waals surface area contributed by atoms with Gasteiger partial charge in [-0.05, 0) is 43.7 Å². The Kier molecular flexibility index (Phi) is 6.99. The van der Waals surface area contributed by atoms with E-state index in [0.29, 0.717) is 47.4 Å². The summed E-state index contributed by atoms with van der Waals surface area (Å²) in [6, 6.07) is 13.3. The van der Waals surface area contributed by atoms with Crippen molar-refractivity contribution in [3.8, 4) is 17.0 Å². The monoisotopic (exact) mass is 563 g/mol. The summed E-state index contributed by atoms with van der Waals surface area (Å²) >= 11 is 0. The van der Waals surface area contributed by atoms with Gasteiger partial charge in [0.1, 0.15) is 23.4 Å². The Morgan fingerprint density at radius 3 is 2.49 bits per heavy atom. The molecule has 0 radical (unpaired) electrons. The number of nitrogens with zero attached hydrogens (tertiary/aromatic N) is 2. The van der Waals surface area contributed by atoms with Gasteiger partial charge in [0.15, 0.2) is 11.6 Å². The maximum Gasteiger partial charge on any atom is 0.355 e.